The predicted molar refractivity (Wildman–Crippen MR) is 99.5 cm³/mol. The van der Waals surface area contributed by atoms with Gasteiger partial charge in [-0.2, -0.15) is 0 Å². The Morgan fingerprint density at radius 1 is 1.08 bits per heavy atom. The Hall–Kier alpha value is -2.53. The number of cyclic esters (lactones) is 1. The zero-order chi connectivity index (χ0) is 18.1. The Bertz CT molecular complexity index is 846. The Kier molecular flexibility index (Phi) is 4.55. The largest absolute Gasteiger partial charge is 0.453 e. The zero-order valence-electron chi connectivity index (χ0n) is 14.2. The second-order valence-electron chi connectivity index (χ2n) is 6.53. The van der Waals surface area contributed by atoms with E-state index in [0.717, 1.165) is 24.3 Å². The third-order valence-corrected chi connectivity index (χ3v) is 5.18. The molecule has 0 aromatic heterocycles. The molecule has 0 saturated carbocycles. The Labute approximate surface area is 157 Å². The van der Waals surface area contributed by atoms with Crippen molar-refractivity contribution in [3.8, 4) is 0 Å². The van der Waals surface area contributed by atoms with Crippen LogP contribution in [0.1, 0.15) is 28.4 Å². The van der Waals surface area contributed by atoms with Gasteiger partial charge in [-0.25, -0.2) is 4.79 Å². The van der Waals surface area contributed by atoms with E-state index in [-0.39, 0.29) is 18.3 Å². The maximum absolute atomic E-state index is 12.7. The van der Waals surface area contributed by atoms with E-state index in [4.69, 9.17) is 16.3 Å². The number of carbonyl (C=O) groups is 2. The van der Waals surface area contributed by atoms with Crippen LogP contribution in [0.2, 0.25) is 5.02 Å². The number of piperazine rings is 1. The van der Waals surface area contributed by atoms with Gasteiger partial charge in [-0.3, -0.25) is 4.79 Å². The van der Waals surface area contributed by atoms with Gasteiger partial charge >= 0.3 is 5.97 Å². The van der Waals surface area contributed by atoms with Crippen LogP contribution in [0.15, 0.2) is 48.5 Å². The number of ether oxygens (including phenoxy) is 1. The number of anilines is 1. The normalized spacial score (nSPS) is 19.3. The first-order valence-electron chi connectivity index (χ1n) is 8.70. The van der Waals surface area contributed by atoms with Crippen LogP contribution in [0.4, 0.5) is 5.69 Å². The van der Waals surface area contributed by atoms with Gasteiger partial charge in [0.1, 0.15) is 6.10 Å². The van der Waals surface area contributed by atoms with E-state index >= 15 is 0 Å². The van der Waals surface area contributed by atoms with E-state index in [9.17, 15) is 9.59 Å². The van der Waals surface area contributed by atoms with Gasteiger partial charge in [-0.1, -0.05) is 35.9 Å². The highest BCUT2D eigenvalue weighted by Crippen LogP contribution is 2.33. The van der Waals surface area contributed by atoms with Crippen LogP contribution in [-0.2, 0) is 9.53 Å². The molecule has 0 radical (unpaired) electrons. The fourth-order valence-electron chi connectivity index (χ4n) is 3.55. The van der Waals surface area contributed by atoms with E-state index in [1.54, 1.807) is 12.1 Å². The van der Waals surface area contributed by atoms with Crippen molar-refractivity contribution in [3.63, 3.8) is 0 Å². The number of halogens is 1. The number of carbonyl (C=O) groups excluding carboxylic acids is 2. The zero-order valence-corrected chi connectivity index (χ0v) is 15.0. The standard InChI is InChI=1S/C20H19ClN2O3/c21-14-4-3-5-15(12-14)22-8-10-23(11-9-22)19(24)13-18-16-6-1-2-7-17(16)20(25)26-18/h1-7,12,18H,8-11,13H2/t18-/m1/s1. The molecule has 2 aliphatic heterocycles. The number of esters is 1. The highest BCUT2D eigenvalue weighted by molar-refractivity contribution is 6.30. The van der Waals surface area contributed by atoms with Crippen molar-refractivity contribution < 1.29 is 14.3 Å². The minimum Gasteiger partial charge on any atom is -0.453 e. The number of nitrogens with zero attached hydrogens (tertiary/aromatic N) is 2. The monoisotopic (exact) mass is 370 g/mol. The molecular formula is C20H19ClN2O3. The average Bonchev–Trinajstić information content (AvgIpc) is 2.98. The number of benzene rings is 2. The molecule has 0 bridgehead atoms. The quantitative estimate of drug-likeness (QED) is 0.778. The van der Waals surface area contributed by atoms with Crippen molar-refractivity contribution in [3.05, 3.63) is 64.7 Å². The molecule has 6 heteroatoms. The molecule has 0 N–H and O–H groups in total. The van der Waals surface area contributed by atoms with Crippen molar-refractivity contribution in [1.29, 1.82) is 0 Å². The summed E-state index contributed by atoms with van der Waals surface area (Å²) >= 11 is 6.06. The molecule has 1 fully saturated rings. The lowest BCUT2D eigenvalue weighted by atomic mass is 10.0. The first-order valence-corrected chi connectivity index (χ1v) is 9.08. The fraction of sp³-hybridized carbons (Fsp3) is 0.300. The molecule has 1 atom stereocenters. The third kappa shape index (κ3) is 3.27. The number of hydrogen-bond donors (Lipinski definition) is 0. The minimum absolute atomic E-state index is 0.0187. The number of amides is 1. The van der Waals surface area contributed by atoms with Gasteiger partial charge in [0.05, 0.1) is 12.0 Å². The molecule has 2 aliphatic rings. The minimum atomic E-state index is -0.475. The van der Waals surface area contributed by atoms with Gasteiger partial charge < -0.3 is 14.5 Å². The second-order valence-corrected chi connectivity index (χ2v) is 6.97. The van der Waals surface area contributed by atoms with E-state index < -0.39 is 6.10 Å². The third-order valence-electron chi connectivity index (χ3n) is 4.94. The van der Waals surface area contributed by atoms with Crippen LogP contribution >= 0.6 is 11.6 Å². The smallest absolute Gasteiger partial charge is 0.339 e. The summed E-state index contributed by atoms with van der Waals surface area (Å²) in [6.07, 6.45) is -0.280. The summed E-state index contributed by atoms with van der Waals surface area (Å²) < 4.78 is 5.39. The molecule has 134 valence electrons. The van der Waals surface area contributed by atoms with Crippen LogP contribution in [0, 0.1) is 0 Å². The number of hydrogen-bond acceptors (Lipinski definition) is 4. The number of fused-ring (bicyclic) bond motifs is 1. The Morgan fingerprint density at radius 3 is 2.62 bits per heavy atom. The SMILES string of the molecule is O=C1O[C@H](CC(=O)N2CCN(c3cccc(Cl)c3)CC2)c2ccccc21. The van der Waals surface area contributed by atoms with Crippen LogP contribution in [-0.4, -0.2) is 43.0 Å². The van der Waals surface area contributed by atoms with E-state index in [1.165, 1.54) is 0 Å². The van der Waals surface area contributed by atoms with Crippen molar-refractivity contribution in [2.45, 2.75) is 12.5 Å². The Balaban J connectivity index is 1.37. The lowest BCUT2D eigenvalue weighted by Crippen LogP contribution is -2.49. The van der Waals surface area contributed by atoms with Crippen molar-refractivity contribution >= 4 is 29.2 Å². The average molecular weight is 371 g/mol. The summed E-state index contributed by atoms with van der Waals surface area (Å²) in [5.74, 6) is -0.325. The highest BCUT2D eigenvalue weighted by atomic mass is 35.5. The molecule has 1 amide bonds. The lowest BCUT2D eigenvalue weighted by Gasteiger charge is -2.36. The summed E-state index contributed by atoms with van der Waals surface area (Å²) in [5, 5.41) is 0.711. The first-order chi connectivity index (χ1) is 12.6. The molecule has 26 heavy (non-hydrogen) atoms. The van der Waals surface area contributed by atoms with E-state index in [2.05, 4.69) is 4.90 Å². The highest BCUT2D eigenvalue weighted by Gasteiger charge is 2.33. The molecule has 0 spiro atoms. The maximum atomic E-state index is 12.7. The van der Waals surface area contributed by atoms with Crippen LogP contribution < -0.4 is 4.90 Å². The van der Waals surface area contributed by atoms with E-state index in [0.29, 0.717) is 23.7 Å². The summed E-state index contributed by atoms with van der Waals surface area (Å²) in [7, 11) is 0. The van der Waals surface area contributed by atoms with Crippen molar-refractivity contribution in [2.24, 2.45) is 0 Å². The van der Waals surface area contributed by atoms with Gasteiger partial charge in [0, 0.05) is 42.5 Å². The summed E-state index contributed by atoms with van der Waals surface area (Å²) in [4.78, 5) is 28.6. The van der Waals surface area contributed by atoms with Gasteiger partial charge in [-0.05, 0) is 24.3 Å². The van der Waals surface area contributed by atoms with Crippen LogP contribution in [0.5, 0.6) is 0 Å². The van der Waals surface area contributed by atoms with E-state index in [1.807, 2.05) is 41.3 Å². The number of rotatable bonds is 3. The van der Waals surface area contributed by atoms with Crippen molar-refractivity contribution in [2.75, 3.05) is 31.1 Å². The molecule has 5 nitrogen and oxygen atoms in total. The molecule has 0 aliphatic carbocycles. The molecule has 2 heterocycles. The van der Waals surface area contributed by atoms with Gasteiger partial charge in [0.2, 0.25) is 5.91 Å². The first kappa shape index (κ1) is 16.9. The molecule has 4 rings (SSSR count). The predicted octanol–water partition coefficient (Wildman–Crippen LogP) is 3.29. The van der Waals surface area contributed by atoms with Crippen LogP contribution in [0.25, 0.3) is 0 Å². The molecule has 1 saturated heterocycles. The molecule has 0 unspecified atom stereocenters. The summed E-state index contributed by atoms with van der Waals surface area (Å²) in [5.41, 5.74) is 2.45. The molecule has 2 aromatic carbocycles. The Morgan fingerprint density at radius 2 is 1.85 bits per heavy atom. The summed E-state index contributed by atoms with van der Waals surface area (Å²) in [6, 6.07) is 15.0. The lowest BCUT2D eigenvalue weighted by molar-refractivity contribution is -0.133. The second kappa shape index (κ2) is 7.00. The molecule has 2 aromatic rings. The topological polar surface area (TPSA) is 49.9 Å². The maximum Gasteiger partial charge on any atom is 0.339 e. The fourth-order valence-corrected chi connectivity index (χ4v) is 3.73. The molecular weight excluding hydrogens is 352 g/mol. The summed E-state index contributed by atoms with van der Waals surface area (Å²) in [6.45, 7) is 2.81. The van der Waals surface area contributed by atoms with Crippen molar-refractivity contribution in [1.82, 2.24) is 4.90 Å². The van der Waals surface area contributed by atoms with Crippen LogP contribution in [0.3, 0.4) is 0 Å². The van der Waals surface area contributed by atoms with Gasteiger partial charge in [-0.15, -0.1) is 0 Å². The van der Waals surface area contributed by atoms with Gasteiger partial charge in [0.15, 0.2) is 0 Å². The van der Waals surface area contributed by atoms with Gasteiger partial charge in [0.25, 0.3) is 0 Å².